The Balaban J connectivity index is 2.32. The summed E-state index contributed by atoms with van der Waals surface area (Å²) >= 11 is 0. The van der Waals surface area contributed by atoms with Crippen LogP contribution in [0, 0.1) is 5.92 Å². The van der Waals surface area contributed by atoms with Crippen molar-refractivity contribution in [2.24, 2.45) is 5.92 Å². The van der Waals surface area contributed by atoms with Crippen molar-refractivity contribution in [3.63, 3.8) is 0 Å². The van der Waals surface area contributed by atoms with E-state index in [4.69, 9.17) is 0 Å². The van der Waals surface area contributed by atoms with Crippen molar-refractivity contribution in [3.05, 3.63) is 12.7 Å². The van der Waals surface area contributed by atoms with E-state index in [0.717, 1.165) is 25.7 Å². The number of hydrogen-bond acceptors (Lipinski definition) is 2. The third-order valence-electron chi connectivity index (χ3n) is 2.88. The summed E-state index contributed by atoms with van der Waals surface area (Å²) < 4.78 is 0. The summed E-state index contributed by atoms with van der Waals surface area (Å²) in [6, 6.07) is 0.205. The molecule has 0 aliphatic heterocycles. The zero-order chi connectivity index (χ0) is 11.3. The number of nitrogens with one attached hydrogen (secondary N) is 2. The van der Waals surface area contributed by atoms with E-state index in [0.29, 0.717) is 0 Å². The van der Waals surface area contributed by atoms with E-state index in [-0.39, 0.29) is 23.8 Å². The number of hydrogen-bond donors (Lipinski definition) is 2. The smallest absolute Gasteiger partial charge is 0.243 e. The molecule has 1 rings (SSSR count). The molecule has 0 aromatic rings. The number of carbonyl (C=O) groups is 2. The van der Waals surface area contributed by atoms with Crippen molar-refractivity contribution >= 4 is 11.8 Å². The summed E-state index contributed by atoms with van der Waals surface area (Å²) in [6.07, 6.45) is 4.73. The fourth-order valence-electron chi connectivity index (χ4n) is 1.96. The van der Waals surface area contributed by atoms with Crippen LogP contribution in [0.25, 0.3) is 0 Å². The lowest BCUT2D eigenvalue weighted by molar-refractivity contribution is -0.125. The van der Waals surface area contributed by atoms with Crippen molar-refractivity contribution in [1.82, 2.24) is 10.6 Å². The molecule has 0 unspecified atom stereocenters. The Labute approximate surface area is 90.1 Å². The third-order valence-corrected chi connectivity index (χ3v) is 2.88. The van der Waals surface area contributed by atoms with Crippen molar-refractivity contribution < 1.29 is 9.59 Å². The van der Waals surface area contributed by atoms with Crippen molar-refractivity contribution in [1.29, 1.82) is 0 Å². The lowest BCUT2D eigenvalue weighted by atomic mass is 9.85. The zero-order valence-electron chi connectivity index (χ0n) is 9.08. The highest BCUT2D eigenvalue weighted by molar-refractivity contribution is 5.87. The lowest BCUT2D eigenvalue weighted by Crippen LogP contribution is -2.39. The summed E-state index contributed by atoms with van der Waals surface area (Å²) in [4.78, 5) is 22.4. The lowest BCUT2D eigenvalue weighted by Gasteiger charge is -2.27. The molecule has 1 fully saturated rings. The first-order valence-electron chi connectivity index (χ1n) is 5.32. The highest BCUT2D eigenvalue weighted by Gasteiger charge is 2.25. The minimum Gasteiger partial charge on any atom is -0.359 e. The van der Waals surface area contributed by atoms with Gasteiger partial charge in [0.2, 0.25) is 11.8 Å². The molecule has 1 aliphatic rings. The molecule has 2 amide bonds. The zero-order valence-corrected chi connectivity index (χ0v) is 9.08. The first kappa shape index (κ1) is 11.8. The molecule has 4 heteroatoms. The van der Waals surface area contributed by atoms with Gasteiger partial charge in [-0.25, -0.2) is 0 Å². The maximum atomic E-state index is 11.3. The molecule has 1 aliphatic carbocycles. The monoisotopic (exact) mass is 210 g/mol. The summed E-state index contributed by atoms with van der Waals surface area (Å²) in [5, 5.41) is 5.52. The highest BCUT2D eigenvalue weighted by atomic mass is 16.2. The second-order valence-electron chi connectivity index (χ2n) is 3.88. The Morgan fingerprint density at radius 1 is 1.27 bits per heavy atom. The summed E-state index contributed by atoms with van der Waals surface area (Å²) in [7, 11) is 1.66. The van der Waals surface area contributed by atoms with Gasteiger partial charge >= 0.3 is 0 Å². The molecule has 0 aromatic carbocycles. The van der Waals surface area contributed by atoms with Gasteiger partial charge in [-0.05, 0) is 31.8 Å². The Bertz CT molecular complexity index is 255. The number of carbonyl (C=O) groups excluding carboxylic acids is 2. The molecule has 0 radical (unpaired) electrons. The summed E-state index contributed by atoms with van der Waals surface area (Å²) in [5.74, 6) is 0.105. The van der Waals surface area contributed by atoms with Gasteiger partial charge in [-0.15, -0.1) is 0 Å². The van der Waals surface area contributed by atoms with E-state index < -0.39 is 0 Å². The Morgan fingerprint density at radius 2 is 1.87 bits per heavy atom. The Kier molecular flexibility index (Phi) is 4.34. The maximum absolute atomic E-state index is 11.3. The molecule has 15 heavy (non-hydrogen) atoms. The SMILES string of the molecule is C=CC(=O)NC1CCC(C(=O)NC)CC1. The standard InChI is InChI=1S/C11H18N2O2/c1-3-10(14)13-9-6-4-8(5-7-9)11(15)12-2/h3,8-9H,1,4-7H2,2H3,(H,12,15)(H,13,14). The highest BCUT2D eigenvalue weighted by Crippen LogP contribution is 2.24. The molecular weight excluding hydrogens is 192 g/mol. The second-order valence-corrected chi connectivity index (χ2v) is 3.88. The average molecular weight is 210 g/mol. The van der Waals surface area contributed by atoms with Crippen LogP contribution in [0.15, 0.2) is 12.7 Å². The second kappa shape index (κ2) is 5.53. The van der Waals surface area contributed by atoms with Crippen LogP contribution in [-0.2, 0) is 9.59 Å². The van der Waals surface area contributed by atoms with E-state index in [1.54, 1.807) is 7.05 Å². The minimum absolute atomic E-state index is 0.114. The molecule has 4 nitrogen and oxygen atoms in total. The predicted molar refractivity (Wildman–Crippen MR) is 58.2 cm³/mol. The molecule has 1 saturated carbocycles. The van der Waals surface area contributed by atoms with E-state index in [9.17, 15) is 9.59 Å². The van der Waals surface area contributed by atoms with Gasteiger partial charge in [0.05, 0.1) is 0 Å². The van der Waals surface area contributed by atoms with Crippen LogP contribution in [0.4, 0.5) is 0 Å². The first-order chi connectivity index (χ1) is 7.17. The van der Waals surface area contributed by atoms with Crippen LogP contribution >= 0.6 is 0 Å². The van der Waals surface area contributed by atoms with Gasteiger partial charge in [0, 0.05) is 19.0 Å². The Morgan fingerprint density at radius 3 is 2.33 bits per heavy atom. The van der Waals surface area contributed by atoms with E-state index in [2.05, 4.69) is 17.2 Å². The molecule has 0 aromatic heterocycles. The van der Waals surface area contributed by atoms with Gasteiger partial charge < -0.3 is 10.6 Å². The molecule has 84 valence electrons. The fourth-order valence-corrected chi connectivity index (χ4v) is 1.96. The normalized spacial score (nSPS) is 25.4. The predicted octanol–water partition coefficient (Wildman–Crippen LogP) is 0.593. The largest absolute Gasteiger partial charge is 0.359 e. The molecule has 0 atom stereocenters. The summed E-state index contributed by atoms with van der Waals surface area (Å²) in [6.45, 7) is 3.41. The van der Waals surface area contributed by atoms with Gasteiger partial charge in [0.25, 0.3) is 0 Å². The van der Waals surface area contributed by atoms with Crippen molar-refractivity contribution in [3.8, 4) is 0 Å². The Hall–Kier alpha value is -1.32. The average Bonchev–Trinajstić information content (AvgIpc) is 2.29. The molecule has 0 spiro atoms. The molecule has 0 saturated heterocycles. The first-order valence-corrected chi connectivity index (χ1v) is 5.32. The van der Waals surface area contributed by atoms with Gasteiger partial charge in [-0.2, -0.15) is 0 Å². The number of amides is 2. The van der Waals surface area contributed by atoms with Crippen LogP contribution in [0.3, 0.4) is 0 Å². The van der Waals surface area contributed by atoms with E-state index >= 15 is 0 Å². The fraction of sp³-hybridized carbons (Fsp3) is 0.636. The van der Waals surface area contributed by atoms with Crippen LogP contribution in [0.5, 0.6) is 0 Å². The van der Waals surface area contributed by atoms with Crippen LogP contribution < -0.4 is 10.6 Å². The van der Waals surface area contributed by atoms with E-state index in [1.165, 1.54) is 6.08 Å². The molecule has 2 N–H and O–H groups in total. The van der Waals surface area contributed by atoms with Crippen LogP contribution in [-0.4, -0.2) is 24.9 Å². The van der Waals surface area contributed by atoms with Gasteiger partial charge in [0.1, 0.15) is 0 Å². The molecule has 0 heterocycles. The van der Waals surface area contributed by atoms with Crippen LogP contribution in [0.2, 0.25) is 0 Å². The summed E-state index contributed by atoms with van der Waals surface area (Å²) in [5.41, 5.74) is 0. The quantitative estimate of drug-likeness (QED) is 0.670. The number of rotatable bonds is 3. The van der Waals surface area contributed by atoms with Gasteiger partial charge in [-0.3, -0.25) is 9.59 Å². The molecular formula is C11H18N2O2. The minimum atomic E-state index is -0.126. The van der Waals surface area contributed by atoms with Crippen molar-refractivity contribution in [2.45, 2.75) is 31.7 Å². The van der Waals surface area contributed by atoms with E-state index in [1.807, 2.05) is 0 Å². The van der Waals surface area contributed by atoms with Gasteiger partial charge in [-0.1, -0.05) is 6.58 Å². The molecule has 0 bridgehead atoms. The van der Waals surface area contributed by atoms with Gasteiger partial charge in [0.15, 0.2) is 0 Å². The van der Waals surface area contributed by atoms with Crippen molar-refractivity contribution in [2.75, 3.05) is 7.05 Å². The topological polar surface area (TPSA) is 58.2 Å². The van der Waals surface area contributed by atoms with Crippen LogP contribution in [0.1, 0.15) is 25.7 Å². The maximum Gasteiger partial charge on any atom is 0.243 e. The third kappa shape index (κ3) is 3.38.